The molecule has 0 radical (unpaired) electrons. The summed E-state index contributed by atoms with van der Waals surface area (Å²) in [6, 6.07) is 14.8. The minimum absolute atomic E-state index is 0.0118. The minimum Gasteiger partial charge on any atom is -0.323 e. The zero-order chi connectivity index (χ0) is 20.7. The van der Waals surface area contributed by atoms with E-state index in [0.29, 0.717) is 5.92 Å². The van der Waals surface area contributed by atoms with Crippen LogP contribution < -0.4 is 5.32 Å². The maximum atomic E-state index is 13.8. The fourth-order valence-corrected chi connectivity index (χ4v) is 5.10. The fraction of sp³-hybridized carbons (Fsp3) is 0.360. The average molecular weight is 404 g/mol. The van der Waals surface area contributed by atoms with Gasteiger partial charge in [0.1, 0.15) is 5.82 Å². The Hall–Kier alpha value is -2.95. The predicted molar refractivity (Wildman–Crippen MR) is 117 cm³/mol. The first-order valence-electron chi connectivity index (χ1n) is 10.7. The molecule has 1 aliphatic heterocycles. The molecule has 2 amide bonds. The van der Waals surface area contributed by atoms with Gasteiger partial charge in [0.05, 0.1) is 5.52 Å². The number of hydrogen-bond donors (Lipinski definition) is 1. The van der Waals surface area contributed by atoms with Gasteiger partial charge >= 0.3 is 6.03 Å². The molecule has 3 aromatic rings. The molecule has 1 spiro atoms. The number of amides is 2. The Morgan fingerprint density at radius 1 is 1.10 bits per heavy atom. The number of carbonyl (C=O) groups is 1. The molecule has 0 bridgehead atoms. The molecule has 2 fully saturated rings. The average Bonchev–Trinajstić information content (AvgIpc) is 2.73. The summed E-state index contributed by atoms with van der Waals surface area (Å²) in [5, 5.41) is 3.93. The van der Waals surface area contributed by atoms with Crippen LogP contribution in [0.4, 0.5) is 14.9 Å². The van der Waals surface area contributed by atoms with Crippen molar-refractivity contribution in [1.82, 2.24) is 9.88 Å². The second kappa shape index (κ2) is 7.38. The van der Waals surface area contributed by atoms with Gasteiger partial charge in [0.25, 0.3) is 0 Å². The van der Waals surface area contributed by atoms with Crippen LogP contribution in [0.1, 0.15) is 42.7 Å². The molecule has 2 aliphatic rings. The molecule has 1 aliphatic carbocycles. The van der Waals surface area contributed by atoms with E-state index in [1.165, 1.54) is 17.2 Å². The van der Waals surface area contributed by atoms with Gasteiger partial charge in [-0.1, -0.05) is 17.7 Å². The summed E-state index contributed by atoms with van der Waals surface area (Å²) in [6.07, 6.45) is 6.18. The molecule has 1 saturated heterocycles. The third kappa shape index (κ3) is 3.53. The van der Waals surface area contributed by atoms with Crippen LogP contribution in [0.5, 0.6) is 0 Å². The summed E-state index contributed by atoms with van der Waals surface area (Å²) >= 11 is 0. The van der Waals surface area contributed by atoms with Crippen LogP contribution in [0.15, 0.2) is 54.7 Å². The standard InChI is InChI=1S/C25H26FN3O/c1-17-2-5-20(6-3-17)28-24(30)29-15-25(16-29)11-8-18(9-12-25)21-10-13-27-23-7-4-19(26)14-22(21)23/h2-7,10,13-14,18H,8-9,11-12,15-16H2,1H3,(H,28,30). The number of rotatable bonds is 2. The highest BCUT2D eigenvalue weighted by molar-refractivity contribution is 5.90. The number of urea groups is 1. The minimum atomic E-state index is -0.210. The van der Waals surface area contributed by atoms with E-state index in [-0.39, 0.29) is 17.3 Å². The first-order valence-corrected chi connectivity index (χ1v) is 10.7. The van der Waals surface area contributed by atoms with E-state index in [0.717, 1.165) is 55.4 Å². The van der Waals surface area contributed by atoms with Crippen LogP contribution in [0.25, 0.3) is 10.9 Å². The van der Waals surface area contributed by atoms with Crippen molar-refractivity contribution < 1.29 is 9.18 Å². The van der Waals surface area contributed by atoms with Crippen molar-refractivity contribution in [3.05, 3.63) is 71.7 Å². The second-order valence-corrected chi connectivity index (χ2v) is 8.99. The molecule has 0 atom stereocenters. The van der Waals surface area contributed by atoms with Crippen molar-refractivity contribution in [2.45, 2.75) is 38.5 Å². The maximum Gasteiger partial charge on any atom is 0.321 e. The zero-order valence-corrected chi connectivity index (χ0v) is 17.2. The lowest BCUT2D eigenvalue weighted by Crippen LogP contribution is -2.60. The predicted octanol–water partition coefficient (Wildman–Crippen LogP) is 5.87. The lowest BCUT2D eigenvalue weighted by Gasteiger charge is -2.53. The maximum absolute atomic E-state index is 13.8. The zero-order valence-electron chi connectivity index (χ0n) is 17.2. The summed E-state index contributed by atoms with van der Waals surface area (Å²) in [5.74, 6) is 0.219. The van der Waals surface area contributed by atoms with Crippen molar-refractivity contribution in [2.75, 3.05) is 18.4 Å². The van der Waals surface area contributed by atoms with Gasteiger partial charge in [0.2, 0.25) is 0 Å². The molecule has 5 heteroatoms. The SMILES string of the molecule is Cc1ccc(NC(=O)N2CC3(CCC(c4ccnc5ccc(F)cc45)CC3)C2)cc1. The third-order valence-electron chi connectivity index (χ3n) is 6.87. The molecule has 154 valence electrons. The van der Waals surface area contributed by atoms with Gasteiger partial charge in [-0.05, 0) is 80.5 Å². The van der Waals surface area contributed by atoms with E-state index in [4.69, 9.17) is 0 Å². The topological polar surface area (TPSA) is 45.2 Å². The van der Waals surface area contributed by atoms with Gasteiger partial charge in [-0.15, -0.1) is 0 Å². The molecule has 30 heavy (non-hydrogen) atoms. The van der Waals surface area contributed by atoms with Gasteiger partial charge in [-0.25, -0.2) is 9.18 Å². The lowest BCUT2D eigenvalue weighted by molar-refractivity contribution is 0.000763. The second-order valence-electron chi connectivity index (χ2n) is 8.99. The van der Waals surface area contributed by atoms with E-state index in [9.17, 15) is 9.18 Å². The summed E-state index contributed by atoms with van der Waals surface area (Å²) in [7, 11) is 0. The first-order chi connectivity index (χ1) is 14.5. The largest absolute Gasteiger partial charge is 0.323 e. The molecule has 2 aromatic carbocycles. The van der Waals surface area contributed by atoms with Gasteiger partial charge in [0, 0.05) is 35.8 Å². The highest BCUT2D eigenvalue weighted by atomic mass is 19.1. The number of carbonyl (C=O) groups excluding carboxylic acids is 1. The van der Waals surface area contributed by atoms with E-state index in [1.54, 1.807) is 12.1 Å². The Bertz CT molecular complexity index is 1080. The number of anilines is 1. The number of aryl methyl sites for hydroxylation is 1. The van der Waals surface area contributed by atoms with Crippen LogP contribution in [0.2, 0.25) is 0 Å². The molecule has 5 rings (SSSR count). The summed E-state index contributed by atoms with van der Waals surface area (Å²) in [4.78, 5) is 18.8. The smallest absolute Gasteiger partial charge is 0.321 e. The number of fused-ring (bicyclic) bond motifs is 1. The van der Waals surface area contributed by atoms with Gasteiger partial charge < -0.3 is 10.2 Å². The van der Waals surface area contributed by atoms with Crippen molar-refractivity contribution in [3.63, 3.8) is 0 Å². The number of aromatic nitrogens is 1. The Balaban J connectivity index is 1.21. The van der Waals surface area contributed by atoms with Crippen molar-refractivity contribution in [3.8, 4) is 0 Å². The lowest BCUT2D eigenvalue weighted by atomic mass is 9.64. The molecule has 0 unspecified atom stereocenters. The number of benzene rings is 2. The number of halogens is 1. The Morgan fingerprint density at radius 3 is 2.57 bits per heavy atom. The number of nitrogens with zero attached hydrogens (tertiary/aromatic N) is 2. The van der Waals surface area contributed by atoms with Crippen LogP contribution in [-0.4, -0.2) is 29.0 Å². The molecule has 1 N–H and O–H groups in total. The highest BCUT2D eigenvalue weighted by Gasteiger charge is 2.47. The number of nitrogens with one attached hydrogen (secondary N) is 1. The van der Waals surface area contributed by atoms with E-state index in [1.807, 2.05) is 48.4 Å². The van der Waals surface area contributed by atoms with Crippen molar-refractivity contribution in [2.24, 2.45) is 5.41 Å². The van der Waals surface area contributed by atoms with E-state index < -0.39 is 0 Å². The van der Waals surface area contributed by atoms with Crippen molar-refractivity contribution in [1.29, 1.82) is 0 Å². The van der Waals surface area contributed by atoms with E-state index >= 15 is 0 Å². The van der Waals surface area contributed by atoms with Crippen LogP contribution in [0.3, 0.4) is 0 Å². The van der Waals surface area contributed by atoms with Gasteiger partial charge in [-0.2, -0.15) is 0 Å². The molecular weight excluding hydrogens is 377 g/mol. The van der Waals surface area contributed by atoms with E-state index in [2.05, 4.69) is 10.3 Å². The number of hydrogen-bond acceptors (Lipinski definition) is 2. The summed E-state index contributed by atoms with van der Waals surface area (Å²) < 4.78 is 13.8. The molecule has 4 nitrogen and oxygen atoms in total. The third-order valence-corrected chi connectivity index (χ3v) is 6.87. The molecule has 1 aromatic heterocycles. The molecule has 1 saturated carbocycles. The summed E-state index contributed by atoms with van der Waals surface area (Å²) in [6.45, 7) is 3.68. The van der Waals surface area contributed by atoms with Gasteiger partial charge in [-0.3, -0.25) is 4.98 Å². The van der Waals surface area contributed by atoms with Crippen molar-refractivity contribution >= 4 is 22.6 Å². The Morgan fingerprint density at radius 2 is 1.83 bits per heavy atom. The number of pyridine rings is 1. The molecular formula is C25H26FN3O. The monoisotopic (exact) mass is 403 g/mol. The van der Waals surface area contributed by atoms with Crippen LogP contribution in [-0.2, 0) is 0 Å². The fourth-order valence-electron chi connectivity index (χ4n) is 5.10. The normalized spacial score (nSPS) is 18.4. The quantitative estimate of drug-likeness (QED) is 0.581. The van der Waals surface area contributed by atoms with Gasteiger partial charge in [0.15, 0.2) is 0 Å². The van der Waals surface area contributed by atoms with Crippen LogP contribution >= 0.6 is 0 Å². The first kappa shape index (κ1) is 19.0. The Labute approximate surface area is 176 Å². The van der Waals surface area contributed by atoms with Crippen LogP contribution in [0, 0.1) is 18.2 Å². The Kier molecular flexibility index (Phi) is 4.69. The highest BCUT2D eigenvalue weighted by Crippen LogP contribution is 2.49. The summed E-state index contributed by atoms with van der Waals surface area (Å²) in [5.41, 5.74) is 4.33. The number of likely N-dealkylation sites (tertiary alicyclic amines) is 1. The molecule has 2 heterocycles.